The van der Waals surface area contributed by atoms with Crippen LogP contribution in [0.5, 0.6) is 0 Å². The van der Waals surface area contributed by atoms with Crippen LogP contribution in [0.15, 0.2) is 22.7 Å². The van der Waals surface area contributed by atoms with Gasteiger partial charge in [0.25, 0.3) is 0 Å². The van der Waals surface area contributed by atoms with Crippen LogP contribution >= 0.6 is 15.9 Å². The highest BCUT2D eigenvalue weighted by atomic mass is 79.9. The Morgan fingerprint density at radius 1 is 1.19 bits per heavy atom. The number of rotatable bonds is 6. The lowest BCUT2D eigenvalue weighted by molar-refractivity contribution is 0.258. The second-order valence-corrected chi connectivity index (χ2v) is 6.67. The highest BCUT2D eigenvalue weighted by Crippen LogP contribution is 2.30. The van der Waals surface area contributed by atoms with E-state index in [1.165, 1.54) is 41.8 Å². The second kappa shape index (κ2) is 8.16. The van der Waals surface area contributed by atoms with E-state index in [-0.39, 0.29) is 0 Å². The fraction of sp³-hybridized carbons (Fsp3) is 0.647. The van der Waals surface area contributed by atoms with Gasteiger partial charge < -0.3 is 10.2 Å². The van der Waals surface area contributed by atoms with Gasteiger partial charge in [-0.3, -0.25) is 4.90 Å². The van der Waals surface area contributed by atoms with Crippen molar-refractivity contribution in [3.63, 3.8) is 0 Å². The summed E-state index contributed by atoms with van der Waals surface area (Å²) < 4.78 is 1.22. The molecule has 3 nitrogen and oxygen atoms in total. The molecule has 21 heavy (non-hydrogen) atoms. The normalized spacial score (nSPS) is 18.0. The highest BCUT2D eigenvalue weighted by Gasteiger charge is 2.18. The first kappa shape index (κ1) is 16.8. The zero-order valence-corrected chi connectivity index (χ0v) is 15.1. The monoisotopic (exact) mass is 353 g/mol. The smallest absolute Gasteiger partial charge is 0.0511 e. The summed E-state index contributed by atoms with van der Waals surface area (Å²) in [4.78, 5) is 5.06. The highest BCUT2D eigenvalue weighted by molar-refractivity contribution is 9.10. The van der Waals surface area contributed by atoms with E-state index in [9.17, 15) is 0 Å². The van der Waals surface area contributed by atoms with E-state index in [4.69, 9.17) is 0 Å². The first-order valence-electron chi connectivity index (χ1n) is 8.15. The Bertz CT molecular complexity index is 442. The summed E-state index contributed by atoms with van der Waals surface area (Å²) in [5, 5.41) is 3.47. The summed E-state index contributed by atoms with van der Waals surface area (Å²) in [5.74, 6) is 0. The number of halogens is 1. The van der Waals surface area contributed by atoms with Crippen LogP contribution < -0.4 is 10.2 Å². The van der Waals surface area contributed by atoms with Crippen molar-refractivity contribution >= 4 is 21.6 Å². The zero-order valence-electron chi connectivity index (χ0n) is 13.5. The van der Waals surface area contributed by atoms with Crippen LogP contribution in [-0.4, -0.2) is 44.2 Å². The summed E-state index contributed by atoms with van der Waals surface area (Å²) in [6.45, 7) is 13.5. The molecule has 2 rings (SSSR count). The van der Waals surface area contributed by atoms with Crippen LogP contribution in [0.3, 0.4) is 0 Å². The third kappa shape index (κ3) is 4.44. The molecule has 1 aliphatic rings. The van der Waals surface area contributed by atoms with Gasteiger partial charge in [0.15, 0.2) is 0 Å². The minimum Gasteiger partial charge on any atom is -0.368 e. The van der Waals surface area contributed by atoms with Crippen molar-refractivity contribution in [2.75, 3.05) is 44.2 Å². The molecule has 1 unspecified atom stereocenters. The number of hydrogen-bond acceptors (Lipinski definition) is 3. The molecule has 0 saturated carbocycles. The van der Waals surface area contributed by atoms with E-state index in [0.717, 1.165) is 19.6 Å². The number of anilines is 1. The van der Waals surface area contributed by atoms with Crippen molar-refractivity contribution in [2.24, 2.45) is 0 Å². The van der Waals surface area contributed by atoms with E-state index in [1.54, 1.807) is 0 Å². The van der Waals surface area contributed by atoms with Crippen molar-refractivity contribution in [3.05, 3.63) is 28.2 Å². The lowest BCUT2D eigenvalue weighted by Crippen LogP contribution is -2.46. The molecule has 1 saturated heterocycles. The first-order valence-corrected chi connectivity index (χ1v) is 8.95. The fourth-order valence-corrected chi connectivity index (χ4v) is 3.65. The van der Waals surface area contributed by atoms with Gasteiger partial charge in [-0.25, -0.2) is 0 Å². The Balaban J connectivity index is 2.01. The van der Waals surface area contributed by atoms with Gasteiger partial charge in [-0.05, 0) is 60.1 Å². The average Bonchev–Trinajstić information content (AvgIpc) is 2.49. The van der Waals surface area contributed by atoms with Crippen molar-refractivity contribution < 1.29 is 0 Å². The molecule has 118 valence electrons. The summed E-state index contributed by atoms with van der Waals surface area (Å²) in [7, 11) is 0. The molecule has 0 radical (unpaired) electrons. The molecule has 0 aliphatic carbocycles. The SMILES string of the molecule is CCCN1CCN(c2ccc(C(C)NCC)cc2Br)CC1. The summed E-state index contributed by atoms with van der Waals surface area (Å²) in [6.07, 6.45) is 1.25. The van der Waals surface area contributed by atoms with E-state index in [2.05, 4.69) is 70.0 Å². The maximum Gasteiger partial charge on any atom is 0.0511 e. The number of nitrogens with zero attached hydrogens (tertiary/aromatic N) is 2. The van der Waals surface area contributed by atoms with Crippen LogP contribution in [0.1, 0.15) is 38.8 Å². The van der Waals surface area contributed by atoms with Gasteiger partial charge in [0.05, 0.1) is 5.69 Å². The van der Waals surface area contributed by atoms with Gasteiger partial charge in [-0.2, -0.15) is 0 Å². The first-order chi connectivity index (χ1) is 10.2. The lowest BCUT2D eigenvalue weighted by Gasteiger charge is -2.36. The fourth-order valence-electron chi connectivity index (χ4n) is 3.00. The van der Waals surface area contributed by atoms with Crippen molar-refractivity contribution in [1.82, 2.24) is 10.2 Å². The Morgan fingerprint density at radius 2 is 1.90 bits per heavy atom. The molecular formula is C17H28BrN3. The summed E-state index contributed by atoms with van der Waals surface area (Å²) in [5.41, 5.74) is 2.68. The number of hydrogen-bond donors (Lipinski definition) is 1. The zero-order chi connectivity index (χ0) is 15.2. The Morgan fingerprint density at radius 3 is 2.48 bits per heavy atom. The summed E-state index contributed by atoms with van der Waals surface area (Å²) >= 11 is 3.76. The van der Waals surface area contributed by atoms with Crippen LogP contribution in [0.2, 0.25) is 0 Å². The van der Waals surface area contributed by atoms with Crippen molar-refractivity contribution in [3.8, 4) is 0 Å². The molecule has 1 atom stereocenters. The Kier molecular flexibility index (Phi) is 6.52. The molecule has 1 heterocycles. The van der Waals surface area contributed by atoms with E-state index >= 15 is 0 Å². The van der Waals surface area contributed by atoms with Gasteiger partial charge in [-0.15, -0.1) is 0 Å². The van der Waals surface area contributed by atoms with E-state index < -0.39 is 0 Å². The number of benzene rings is 1. The average molecular weight is 354 g/mol. The Hall–Kier alpha value is -0.580. The molecule has 0 spiro atoms. The molecule has 0 aromatic heterocycles. The molecule has 0 bridgehead atoms. The minimum atomic E-state index is 0.404. The molecule has 1 fully saturated rings. The Labute approximate surface area is 137 Å². The maximum atomic E-state index is 3.76. The molecular weight excluding hydrogens is 326 g/mol. The van der Waals surface area contributed by atoms with Gasteiger partial charge in [0.1, 0.15) is 0 Å². The topological polar surface area (TPSA) is 18.5 Å². The number of piperazine rings is 1. The van der Waals surface area contributed by atoms with Crippen LogP contribution in [0, 0.1) is 0 Å². The molecule has 4 heteroatoms. The third-order valence-electron chi connectivity index (χ3n) is 4.23. The maximum absolute atomic E-state index is 3.76. The second-order valence-electron chi connectivity index (χ2n) is 5.82. The largest absolute Gasteiger partial charge is 0.368 e. The quantitative estimate of drug-likeness (QED) is 0.841. The van der Waals surface area contributed by atoms with E-state index in [0.29, 0.717) is 6.04 Å². The minimum absolute atomic E-state index is 0.404. The van der Waals surface area contributed by atoms with Gasteiger partial charge in [0.2, 0.25) is 0 Å². The van der Waals surface area contributed by atoms with E-state index in [1.807, 2.05) is 0 Å². The predicted octanol–water partition coefficient (Wildman–Crippen LogP) is 3.65. The third-order valence-corrected chi connectivity index (χ3v) is 4.87. The van der Waals surface area contributed by atoms with Crippen molar-refractivity contribution in [2.45, 2.75) is 33.2 Å². The standard InChI is InChI=1S/C17H28BrN3/c1-4-8-20-9-11-21(12-10-20)17-7-6-15(13-16(17)18)14(3)19-5-2/h6-7,13-14,19H,4-5,8-12H2,1-3H3. The molecule has 1 aromatic carbocycles. The summed E-state index contributed by atoms with van der Waals surface area (Å²) in [6, 6.07) is 7.19. The van der Waals surface area contributed by atoms with Gasteiger partial charge >= 0.3 is 0 Å². The van der Waals surface area contributed by atoms with Gasteiger partial charge in [0, 0.05) is 36.7 Å². The van der Waals surface area contributed by atoms with Crippen molar-refractivity contribution in [1.29, 1.82) is 0 Å². The predicted molar refractivity (Wildman–Crippen MR) is 95.2 cm³/mol. The van der Waals surface area contributed by atoms with Crippen LogP contribution in [0.4, 0.5) is 5.69 Å². The van der Waals surface area contributed by atoms with Crippen LogP contribution in [-0.2, 0) is 0 Å². The molecule has 0 amide bonds. The molecule has 1 aromatic rings. The molecule has 1 aliphatic heterocycles. The van der Waals surface area contributed by atoms with Gasteiger partial charge in [-0.1, -0.05) is 19.9 Å². The molecule has 1 N–H and O–H groups in total. The van der Waals surface area contributed by atoms with Crippen LogP contribution in [0.25, 0.3) is 0 Å². The lowest BCUT2D eigenvalue weighted by atomic mass is 10.1. The number of nitrogens with one attached hydrogen (secondary N) is 1.